The average molecular weight is 300 g/mol. The molecule has 0 radical (unpaired) electrons. The highest BCUT2D eigenvalue weighted by atomic mass is 35.5. The first-order chi connectivity index (χ1) is 9.04. The predicted molar refractivity (Wildman–Crippen MR) is 82.1 cm³/mol. The summed E-state index contributed by atoms with van der Waals surface area (Å²) in [6.45, 7) is 7.45. The fraction of sp³-hybridized carbons (Fsp3) is 0.467. The van der Waals surface area contributed by atoms with Crippen molar-refractivity contribution in [3.8, 4) is 0 Å². The number of furan rings is 1. The highest BCUT2D eigenvalue weighted by molar-refractivity contribution is 6.39. The van der Waals surface area contributed by atoms with Crippen LogP contribution in [0.15, 0.2) is 22.6 Å². The number of halogens is 2. The van der Waals surface area contributed by atoms with Gasteiger partial charge in [0.15, 0.2) is 5.58 Å². The Morgan fingerprint density at radius 2 is 1.89 bits per heavy atom. The third-order valence-electron chi connectivity index (χ3n) is 3.19. The van der Waals surface area contributed by atoms with E-state index in [1.54, 1.807) is 12.1 Å². The molecule has 0 fully saturated rings. The van der Waals surface area contributed by atoms with Gasteiger partial charge < -0.3 is 9.73 Å². The Hall–Kier alpha value is -0.700. The first-order valence-electron chi connectivity index (χ1n) is 6.65. The maximum atomic E-state index is 6.19. The Balaban J connectivity index is 2.43. The van der Waals surface area contributed by atoms with Crippen molar-refractivity contribution in [3.05, 3.63) is 34.0 Å². The lowest BCUT2D eigenvalue weighted by atomic mass is 10.0. The topological polar surface area (TPSA) is 25.2 Å². The fourth-order valence-corrected chi connectivity index (χ4v) is 2.60. The zero-order valence-corrected chi connectivity index (χ0v) is 13.0. The molecule has 1 N–H and O–H groups in total. The van der Waals surface area contributed by atoms with Gasteiger partial charge >= 0.3 is 0 Å². The number of hydrogen-bond donors (Lipinski definition) is 1. The van der Waals surface area contributed by atoms with Crippen molar-refractivity contribution in [1.82, 2.24) is 5.32 Å². The first kappa shape index (κ1) is 14.7. The van der Waals surface area contributed by atoms with E-state index in [9.17, 15) is 0 Å². The van der Waals surface area contributed by atoms with Gasteiger partial charge in [-0.3, -0.25) is 0 Å². The number of fused-ring (bicyclic) bond motifs is 1. The molecule has 1 aromatic carbocycles. The van der Waals surface area contributed by atoms with Crippen LogP contribution in [0.25, 0.3) is 11.0 Å². The highest BCUT2D eigenvalue weighted by Crippen LogP contribution is 2.35. The second-order valence-electron chi connectivity index (χ2n) is 5.10. The molecule has 2 aromatic rings. The molecule has 1 heterocycles. The minimum absolute atomic E-state index is 0.180. The molecule has 19 heavy (non-hydrogen) atoms. The van der Waals surface area contributed by atoms with Crippen LogP contribution in [0.4, 0.5) is 0 Å². The van der Waals surface area contributed by atoms with Gasteiger partial charge in [0.25, 0.3) is 0 Å². The van der Waals surface area contributed by atoms with E-state index in [1.165, 1.54) is 0 Å². The van der Waals surface area contributed by atoms with Crippen molar-refractivity contribution in [3.63, 3.8) is 0 Å². The van der Waals surface area contributed by atoms with Crippen molar-refractivity contribution in [2.75, 3.05) is 6.54 Å². The van der Waals surface area contributed by atoms with Crippen LogP contribution in [-0.4, -0.2) is 6.54 Å². The van der Waals surface area contributed by atoms with Gasteiger partial charge in [0.05, 0.1) is 16.1 Å². The van der Waals surface area contributed by atoms with E-state index in [4.69, 9.17) is 27.6 Å². The molecule has 0 saturated carbocycles. The summed E-state index contributed by atoms with van der Waals surface area (Å²) in [7, 11) is 0. The minimum Gasteiger partial charge on any atom is -0.458 e. The van der Waals surface area contributed by atoms with Gasteiger partial charge in [-0.2, -0.15) is 0 Å². The Kier molecular flexibility index (Phi) is 4.77. The van der Waals surface area contributed by atoms with Crippen molar-refractivity contribution in [2.24, 2.45) is 5.92 Å². The Bertz CT molecular complexity index is 524. The van der Waals surface area contributed by atoms with Gasteiger partial charge in [-0.05, 0) is 37.1 Å². The van der Waals surface area contributed by atoms with Crippen LogP contribution in [0.5, 0.6) is 0 Å². The SMILES string of the molecule is CCCNC(c1cc2c(Cl)ccc(Cl)c2o1)C(C)C. The molecule has 1 aromatic heterocycles. The second-order valence-corrected chi connectivity index (χ2v) is 5.91. The van der Waals surface area contributed by atoms with E-state index in [2.05, 4.69) is 26.1 Å². The molecule has 2 nitrogen and oxygen atoms in total. The third kappa shape index (κ3) is 3.07. The largest absolute Gasteiger partial charge is 0.458 e. The van der Waals surface area contributed by atoms with E-state index >= 15 is 0 Å². The van der Waals surface area contributed by atoms with Crippen LogP contribution in [0.3, 0.4) is 0 Å². The molecule has 0 saturated heterocycles. The number of hydrogen-bond acceptors (Lipinski definition) is 2. The molecule has 2 rings (SSSR count). The Morgan fingerprint density at radius 3 is 2.47 bits per heavy atom. The van der Waals surface area contributed by atoms with Crippen LogP contribution in [-0.2, 0) is 0 Å². The molecular weight excluding hydrogens is 281 g/mol. The summed E-state index contributed by atoms with van der Waals surface area (Å²) in [6, 6.07) is 5.75. The van der Waals surface area contributed by atoms with E-state index < -0.39 is 0 Å². The molecule has 0 amide bonds. The zero-order valence-electron chi connectivity index (χ0n) is 11.5. The van der Waals surface area contributed by atoms with E-state index in [0.717, 1.165) is 24.1 Å². The highest BCUT2D eigenvalue weighted by Gasteiger charge is 2.20. The molecule has 1 unspecified atom stereocenters. The minimum atomic E-state index is 0.180. The predicted octanol–water partition coefficient (Wildman–Crippen LogP) is 5.44. The molecule has 1 atom stereocenters. The van der Waals surface area contributed by atoms with Crippen LogP contribution in [0.2, 0.25) is 10.0 Å². The van der Waals surface area contributed by atoms with E-state index in [-0.39, 0.29) is 6.04 Å². The summed E-state index contributed by atoms with van der Waals surface area (Å²) in [4.78, 5) is 0. The van der Waals surface area contributed by atoms with Gasteiger partial charge in [0, 0.05) is 5.39 Å². The summed E-state index contributed by atoms with van der Waals surface area (Å²) in [5.41, 5.74) is 0.674. The number of benzene rings is 1. The summed E-state index contributed by atoms with van der Waals surface area (Å²) < 4.78 is 5.92. The van der Waals surface area contributed by atoms with Gasteiger partial charge in [0.1, 0.15) is 5.76 Å². The van der Waals surface area contributed by atoms with Crippen LogP contribution >= 0.6 is 23.2 Å². The monoisotopic (exact) mass is 299 g/mol. The fourth-order valence-electron chi connectivity index (χ4n) is 2.19. The number of nitrogens with one attached hydrogen (secondary N) is 1. The lowest BCUT2D eigenvalue weighted by Gasteiger charge is -2.19. The van der Waals surface area contributed by atoms with Crippen molar-refractivity contribution >= 4 is 34.2 Å². The molecular formula is C15H19Cl2NO. The Labute approximate surface area is 124 Å². The summed E-state index contributed by atoms with van der Waals surface area (Å²) in [5, 5.41) is 5.66. The third-order valence-corrected chi connectivity index (χ3v) is 3.82. The summed E-state index contributed by atoms with van der Waals surface area (Å²) >= 11 is 12.4. The van der Waals surface area contributed by atoms with E-state index in [1.807, 2.05) is 6.07 Å². The standard InChI is InChI=1S/C15H19Cl2NO/c1-4-7-18-14(9(2)3)13-8-10-11(16)5-6-12(17)15(10)19-13/h5-6,8-9,14,18H,4,7H2,1-3H3. The lowest BCUT2D eigenvalue weighted by Crippen LogP contribution is -2.25. The Morgan fingerprint density at radius 1 is 1.21 bits per heavy atom. The smallest absolute Gasteiger partial charge is 0.154 e. The van der Waals surface area contributed by atoms with Gasteiger partial charge in [0.2, 0.25) is 0 Å². The molecule has 0 aliphatic carbocycles. The molecule has 0 spiro atoms. The van der Waals surface area contributed by atoms with Gasteiger partial charge in [-0.15, -0.1) is 0 Å². The van der Waals surface area contributed by atoms with Crippen LogP contribution < -0.4 is 5.32 Å². The summed E-state index contributed by atoms with van der Waals surface area (Å²) in [6.07, 6.45) is 1.09. The van der Waals surface area contributed by atoms with Gasteiger partial charge in [-0.25, -0.2) is 0 Å². The quantitative estimate of drug-likeness (QED) is 0.795. The summed E-state index contributed by atoms with van der Waals surface area (Å²) in [5.74, 6) is 1.33. The lowest BCUT2D eigenvalue weighted by molar-refractivity contribution is 0.351. The maximum absolute atomic E-state index is 6.19. The molecule has 0 aliphatic heterocycles. The van der Waals surface area contributed by atoms with Crippen LogP contribution in [0, 0.1) is 5.92 Å². The normalized spacial score (nSPS) is 13.4. The van der Waals surface area contributed by atoms with E-state index in [0.29, 0.717) is 21.5 Å². The average Bonchev–Trinajstić information content (AvgIpc) is 2.80. The van der Waals surface area contributed by atoms with Crippen molar-refractivity contribution < 1.29 is 4.42 Å². The molecule has 0 bridgehead atoms. The second kappa shape index (κ2) is 6.17. The maximum Gasteiger partial charge on any atom is 0.154 e. The number of rotatable bonds is 5. The molecule has 104 valence electrons. The first-order valence-corrected chi connectivity index (χ1v) is 7.41. The van der Waals surface area contributed by atoms with Crippen LogP contribution in [0.1, 0.15) is 39.0 Å². The van der Waals surface area contributed by atoms with Gasteiger partial charge in [-0.1, -0.05) is 44.0 Å². The van der Waals surface area contributed by atoms with Crippen molar-refractivity contribution in [2.45, 2.75) is 33.2 Å². The zero-order chi connectivity index (χ0) is 14.0. The van der Waals surface area contributed by atoms with Crippen molar-refractivity contribution in [1.29, 1.82) is 0 Å². The molecule has 4 heteroatoms. The molecule has 0 aliphatic rings.